The second kappa shape index (κ2) is 10.1. The first-order valence-electron chi connectivity index (χ1n) is 8.29. The number of methoxy groups -OCH3 is 3. The quantitative estimate of drug-likeness (QED) is 0.297. The van der Waals surface area contributed by atoms with Crippen LogP contribution < -0.4 is 0 Å². The maximum absolute atomic E-state index is 12.6. The molecule has 25 heavy (non-hydrogen) atoms. The van der Waals surface area contributed by atoms with Crippen LogP contribution in [0.1, 0.15) is 29.0 Å². The van der Waals surface area contributed by atoms with Crippen LogP contribution in [0, 0.1) is 5.92 Å². The van der Waals surface area contributed by atoms with Gasteiger partial charge in [-0.3, -0.25) is 4.79 Å². The van der Waals surface area contributed by atoms with E-state index in [2.05, 4.69) is 24.3 Å². The molecule has 5 heteroatoms. The van der Waals surface area contributed by atoms with Crippen LogP contribution in [0.5, 0.6) is 0 Å². The first kappa shape index (κ1) is 19.4. The number of esters is 1. The standard InChI is InChI=1S/C20H26O5/c1-22-13-17-10-9-15(12-25-14-23-2)11-18(17)19(20(21)24-3)16-7-5-4-6-8-16/h5-11,16,19H,4,12-14H2,1-3H3. The third kappa shape index (κ3) is 5.26. The van der Waals surface area contributed by atoms with Crippen LogP contribution in [0.4, 0.5) is 0 Å². The molecule has 0 saturated heterocycles. The Bertz CT molecular complexity index is 609. The van der Waals surface area contributed by atoms with E-state index in [4.69, 9.17) is 18.9 Å². The Kier molecular flexibility index (Phi) is 7.85. The van der Waals surface area contributed by atoms with E-state index in [0.29, 0.717) is 13.2 Å². The first-order chi connectivity index (χ1) is 12.2. The highest BCUT2D eigenvalue weighted by molar-refractivity contribution is 5.80. The van der Waals surface area contributed by atoms with Crippen molar-refractivity contribution in [1.82, 2.24) is 0 Å². The lowest BCUT2D eigenvalue weighted by atomic mass is 9.81. The number of hydrogen-bond donors (Lipinski definition) is 0. The molecule has 1 aromatic rings. The molecular weight excluding hydrogens is 320 g/mol. The summed E-state index contributed by atoms with van der Waals surface area (Å²) in [7, 11) is 4.65. The van der Waals surface area contributed by atoms with Crippen molar-refractivity contribution < 1.29 is 23.7 Å². The zero-order valence-corrected chi connectivity index (χ0v) is 15.1. The first-order valence-corrected chi connectivity index (χ1v) is 8.29. The largest absolute Gasteiger partial charge is 0.469 e. The normalized spacial score (nSPS) is 15.3. The van der Waals surface area contributed by atoms with E-state index in [1.165, 1.54) is 7.11 Å². The fourth-order valence-electron chi connectivity index (χ4n) is 3.01. The van der Waals surface area contributed by atoms with Gasteiger partial charge in [0.15, 0.2) is 0 Å². The average molecular weight is 346 g/mol. The highest BCUT2D eigenvalue weighted by atomic mass is 16.7. The van der Waals surface area contributed by atoms with Crippen LogP contribution in [-0.2, 0) is 37.0 Å². The fraction of sp³-hybridized carbons (Fsp3) is 0.450. The third-order valence-electron chi connectivity index (χ3n) is 4.14. The van der Waals surface area contributed by atoms with Crippen molar-refractivity contribution in [2.24, 2.45) is 5.92 Å². The van der Waals surface area contributed by atoms with Crippen LogP contribution in [0.3, 0.4) is 0 Å². The molecule has 0 aromatic heterocycles. The van der Waals surface area contributed by atoms with Gasteiger partial charge in [0, 0.05) is 20.1 Å². The van der Waals surface area contributed by atoms with Gasteiger partial charge < -0.3 is 18.9 Å². The van der Waals surface area contributed by atoms with E-state index in [-0.39, 0.29) is 18.7 Å². The topological polar surface area (TPSA) is 54.0 Å². The van der Waals surface area contributed by atoms with Crippen LogP contribution in [0.25, 0.3) is 0 Å². The summed E-state index contributed by atoms with van der Waals surface area (Å²) >= 11 is 0. The molecule has 1 unspecified atom stereocenters. The monoisotopic (exact) mass is 346 g/mol. The van der Waals surface area contributed by atoms with Crippen molar-refractivity contribution >= 4 is 5.97 Å². The zero-order valence-electron chi connectivity index (χ0n) is 15.1. The molecule has 0 saturated carbocycles. The van der Waals surface area contributed by atoms with E-state index in [0.717, 1.165) is 23.1 Å². The van der Waals surface area contributed by atoms with Crippen molar-refractivity contribution in [2.45, 2.75) is 25.6 Å². The molecule has 0 spiro atoms. The Hall–Kier alpha value is -1.95. The molecular formula is C20H26O5. The van der Waals surface area contributed by atoms with Crippen molar-refractivity contribution in [2.75, 3.05) is 28.1 Å². The van der Waals surface area contributed by atoms with Crippen LogP contribution in [-0.4, -0.2) is 34.1 Å². The van der Waals surface area contributed by atoms with Gasteiger partial charge in [0.1, 0.15) is 6.79 Å². The van der Waals surface area contributed by atoms with Crippen molar-refractivity contribution in [3.8, 4) is 0 Å². The molecule has 0 bridgehead atoms. The van der Waals surface area contributed by atoms with E-state index in [1.54, 1.807) is 14.2 Å². The van der Waals surface area contributed by atoms with Crippen molar-refractivity contribution in [3.05, 3.63) is 59.2 Å². The van der Waals surface area contributed by atoms with Crippen LogP contribution in [0.2, 0.25) is 0 Å². The summed E-state index contributed by atoms with van der Waals surface area (Å²) in [5.74, 6) is -0.703. The maximum Gasteiger partial charge on any atom is 0.314 e. The van der Waals surface area contributed by atoms with Gasteiger partial charge in [-0.1, -0.05) is 42.5 Å². The van der Waals surface area contributed by atoms with Crippen LogP contribution >= 0.6 is 0 Å². The van der Waals surface area contributed by atoms with E-state index >= 15 is 0 Å². The van der Waals surface area contributed by atoms with Gasteiger partial charge in [-0.25, -0.2) is 0 Å². The van der Waals surface area contributed by atoms with Gasteiger partial charge in [-0.15, -0.1) is 0 Å². The minimum absolute atomic E-state index is 0.0352. The van der Waals surface area contributed by atoms with E-state index in [9.17, 15) is 4.79 Å². The van der Waals surface area contributed by atoms with Crippen LogP contribution in [0.15, 0.2) is 42.5 Å². The van der Waals surface area contributed by atoms with Crippen molar-refractivity contribution in [3.63, 3.8) is 0 Å². The lowest BCUT2D eigenvalue weighted by Crippen LogP contribution is -2.23. The Balaban J connectivity index is 2.39. The lowest BCUT2D eigenvalue weighted by Gasteiger charge is -2.25. The number of carbonyl (C=O) groups is 1. The second-order valence-electron chi connectivity index (χ2n) is 5.89. The molecule has 0 fully saturated rings. The minimum atomic E-state index is -0.412. The predicted molar refractivity (Wildman–Crippen MR) is 95.0 cm³/mol. The van der Waals surface area contributed by atoms with Crippen molar-refractivity contribution in [1.29, 1.82) is 0 Å². The van der Waals surface area contributed by atoms with Gasteiger partial charge in [0.05, 0.1) is 26.2 Å². The smallest absolute Gasteiger partial charge is 0.314 e. The number of ether oxygens (including phenoxy) is 4. The Labute approximate surface area is 149 Å². The van der Waals surface area contributed by atoms with Gasteiger partial charge >= 0.3 is 5.97 Å². The molecule has 5 nitrogen and oxygen atoms in total. The number of allylic oxidation sites excluding steroid dienone is 4. The Morgan fingerprint density at radius 3 is 2.52 bits per heavy atom. The Morgan fingerprint density at radius 2 is 1.88 bits per heavy atom. The molecule has 1 aliphatic rings. The SMILES string of the molecule is COCOCc1ccc(COC)c(C(C(=O)OC)C2C=CCC=C2)c1. The molecule has 0 amide bonds. The minimum Gasteiger partial charge on any atom is -0.469 e. The molecule has 0 heterocycles. The average Bonchev–Trinajstić information content (AvgIpc) is 2.65. The highest BCUT2D eigenvalue weighted by Crippen LogP contribution is 2.33. The fourth-order valence-corrected chi connectivity index (χ4v) is 3.01. The summed E-state index contributed by atoms with van der Waals surface area (Å²) in [5, 5.41) is 0. The van der Waals surface area contributed by atoms with Gasteiger partial charge in [-0.05, 0) is 23.1 Å². The highest BCUT2D eigenvalue weighted by Gasteiger charge is 2.30. The van der Waals surface area contributed by atoms with Gasteiger partial charge in [0.25, 0.3) is 0 Å². The molecule has 1 aliphatic carbocycles. The number of carbonyl (C=O) groups excluding carboxylic acids is 1. The zero-order chi connectivity index (χ0) is 18.1. The molecule has 1 aromatic carbocycles. The summed E-state index contributed by atoms with van der Waals surface area (Å²) in [6.45, 7) is 1.07. The second-order valence-corrected chi connectivity index (χ2v) is 5.89. The summed E-state index contributed by atoms with van der Waals surface area (Å²) in [5.41, 5.74) is 2.86. The summed E-state index contributed by atoms with van der Waals surface area (Å²) in [6.07, 6.45) is 9.16. The maximum atomic E-state index is 12.6. The molecule has 0 N–H and O–H groups in total. The van der Waals surface area contributed by atoms with E-state index in [1.807, 2.05) is 18.2 Å². The molecule has 0 aliphatic heterocycles. The molecule has 1 atom stereocenters. The third-order valence-corrected chi connectivity index (χ3v) is 4.14. The Morgan fingerprint density at radius 1 is 1.12 bits per heavy atom. The predicted octanol–water partition coefficient (Wildman–Crippen LogP) is 3.34. The molecule has 2 rings (SSSR count). The lowest BCUT2D eigenvalue weighted by molar-refractivity contribution is -0.143. The van der Waals surface area contributed by atoms with Gasteiger partial charge in [-0.2, -0.15) is 0 Å². The molecule has 136 valence electrons. The number of benzene rings is 1. The summed E-state index contributed by atoms with van der Waals surface area (Å²) in [4.78, 5) is 12.6. The number of rotatable bonds is 9. The molecule has 0 radical (unpaired) electrons. The number of hydrogen-bond acceptors (Lipinski definition) is 5. The van der Waals surface area contributed by atoms with E-state index < -0.39 is 5.92 Å². The summed E-state index contributed by atoms with van der Waals surface area (Å²) in [6, 6.07) is 5.97. The van der Waals surface area contributed by atoms with Gasteiger partial charge in [0.2, 0.25) is 0 Å². The summed E-state index contributed by atoms with van der Waals surface area (Å²) < 4.78 is 20.8.